The summed E-state index contributed by atoms with van der Waals surface area (Å²) < 4.78 is 10.9. The van der Waals surface area contributed by atoms with Crippen LogP contribution in [0.3, 0.4) is 0 Å². The zero-order chi connectivity index (χ0) is 18.1. The van der Waals surface area contributed by atoms with E-state index in [9.17, 15) is 9.59 Å². The molecule has 1 aromatic carbocycles. The first-order chi connectivity index (χ1) is 11.4. The predicted molar refractivity (Wildman–Crippen MR) is 91.7 cm³/mol. The Morgan fingerprint density at radius 3 is 2.50 bits per heavy atom. The predicted octanol–water partition coefficient (Wildman–Crippen LogP) is 3.22. The summed E-state index contributed by atoms with van der Waals surface area (Å²) in [6, 6.07) is 7.15. The van der Waals surface area contributed by atoms with Crippen LogP contribution in [-0.4, -0.2) is 30.1 Å². The fourth-order valence-electron chi connectivity index (χ4n) is 2.26. The van der Waals surface area contributed by atoms with E-state index < -0.39 is 12.1 Å². The summed E-state index contributed by atoms with van der Waals surface area (Å²) in [6.45, 7) is 9.02. The molecule has 0 heterocycles. The van der Waals surface area contributed by atoms with E-state index in [2.05, 4.69) is 6.58 Å². The van der Waals surface area contributed by atoms with Gasteiger partial charge in [0.1, 0.15) is 18.5 Å². The Labute approximate surface area is 143 Å². The van der Waals surface area contributed by atoms with E-state index in [1.807, 2.05) is 19.9 Å². The Kier molecular flexibility index (Phi) is 8.19. The number of benzene rings is 1. The van der Waals surface area contributed by atoms with Crippen LogP contribution in [0, 0.1) is 5.92 Å². The van der Waals surface area contributed by atoms with Gasteiger partial charge in [-0.15, -0.1) is 0 Å². The highest BCUT2D eigenvalue weighted by Gasteiger charge is 2.21. The third kappa shape index (κ3) is 6.16. The highest BCUT2D eigenvalue weighted by Crippen LogP contribution is 2.31. The molecule has 0 amide bonds. The van der Waals surface area contributed by atoms with Crippen LogP contribution in [0.1, 0.15) is 45.3 Å². The number of para-hydroxylation sites is 1. The van der Waals surface area contributed by atoms with Crippen LogP contribution in [0.15, 0.2) is 36.4 Å². The minimum Gasteiger partial charge on any atom is -0.491 e. The van der Waals surface area contributed by atoms with Gasteiger partial charge in [0.05, 0.1) is 6.61 Å². The summed E-state index contributed by atoms with van der Waals surface area (Å²) in [5.41, 5.74) is 1.26. The molecule has 0 aliphatic heterocycles. The van der Waals surface area contributed by atoms with Crippen molar-refractivity contribution >= 4 is 11.8 Å². The second-order valence-electron chi connectivity index (χ2n) is 5.85. The van der Waals surface area contributed by atoms with E-state index in [4.69, 9.17) is 14.6 Å². The van der Waals surface area contributed by atoms with Gasteiger partial charge < -0.3 is 14.6 Å². The van der Waals surface area contributed by atoms with Crippen LogP contribution < -0.4 is 4.74 Å². The number of aliphatic hydroxyl groups excluding tert-OH is 1. The van der Waals surface area contributed by atoms with Crippen LogP contribution in [0.2, 0.25) is 0 Å². The average Bonchev–Trinajstić information content (AvgIpc) is 2.55. The highest BCUT2D eigenvalue weighted by atomic mass is 16.5. The van der Waals surface area contributed by atoms with Gasteiger partial charge in [-0.1, -0.05) is 38.6 Å². The van der Waals surface area contributed by atoms with Gasteiger partial charge in [-0.2, -0.15) is 0 Å². The zero-order valence-electron chi connectivity index (χ0n) is 14.6. The normalized spacial score (nSPS) is 11.9. The smallest absolute Gasteiger partial charge is 0.303 e. The van der Waals surface area contributed by atoms with Gasteiger partial charge in [-0.3, -0.25) is 9.59 Å². The molecule has 5 nitrogen and oxygen atoms in total. The zero-order valence-corrected chi connectivity index (χ0v) is 14.6. The van der Waals surface area contributed by atoms with Crippen molar-refractivity contribution in [2.45, 2.75) is 39.7 Å². The number of carbonyl (C=O) groups is 2. The third-order valence-corrected chi connectivity index (χ3v) is 3.61. The number of hydrogen-bond donors (Lipinski definition) is 1. The second kappa shape index (κ2) is 9.88. The second-order valence-corrected chi connectivity index (χ2v) is 5.85. The molecule has 0 aliphatic carbocycles. The fourth-order valence-corrected chi connectivity index (χ4v) is 2.26. The molecule has 132 valence electrons. The standard InChI is InChI=1S/C19H26O5/c1-13(2)14(3)17(22)9-10-19(24-15(4)21)16-7-5-6-8-18(16)23-12-11-20/h5-8,13,19-20H,3,9-12H2,1-2,4H3/t19-/m0/s1. The Bertz CT molecular complexity index is 577. The number of hydrogen-bond acceptors (Lipinski definition) is 5. The first-order valence-electron chi connectivity index (χ1n) is 8.08. The Hall–Kier alpha value is -2.14. The fraction of sp³-hybridized carbons (Fsp3) is 0.474. The number of allylic oxidation sites excluding steroid dienone is 1. The van der Waals surface area contributed by atoms with Gasteiger partial charge in [0.25, 0.3) is 0 Å². The van der Waals surface area contributed by atoms with E-state index in [1.54, 1.807) is 18.2 Å². The van der Waals surface area contributed by atoms with Crippen molar-refractivity contribution in [1.82, 2.24) is 0 Å². The summed E-state index contributed by atoms with van der Waals surface area (Å²) >= 11 is 0. The van der Waals surface area contributed by atoms with Gasteiger partial charge in [0.2, 0.25) is 0 Å². The molecule has 5 heteroatoms. The van der Waals surface area contributed by atoms with Crippen LogP contribution in [0.4, 0.5) is 0 Å². The first kappa shape index (κ1) is 19.9. The van der Waals surface area contributed by atoms with E-state index in [0.29, 0.717) is 23.3 Å². The number of carbonyl (C=O) groups excluding carboxylic acids is 2. The Morgan fingerprint density at radius 2 is 1.92 bits per heavy atom. The van der Waals surface area contributed by atoms with Crippen LogP contribution >= 0.6 is 0 Å². The number of rotatable bonds is 10. The lowest BCUT2D eigenvalue weighted by Gasteiger charge is -2.20. The molecule has 24 heavy (non-hydrogen) atoms. The maximum Gasteiger partial charge on any atom is 0.303 e. The van der Waals surface area contributed by atoms with Crippen molar-refractivity contribution < 1.29 is 24.2 Å². The SMILES string of the molecule is C=C(C(=O)CC[C@H](OC(C)=O)c1ccccc1OCCO)C(C)C. The van der Waals surface area contributed by atoms with Crippen molar-refractivity contribution in [3.05, 3.63) is 42.0 Å². The maximum absolute atomic E-state index is 12.2. The molecule has 0 aromatic heterocycles. The lowest BCUT2D eigenvalue weighted by molar-refractivity contribution is -0.147. The van der Waals surface area contributed by atoms with E-state index in [0.717, 1.165) is 0 Å². The third-order valence-electron chi connectivity index (χ3n) is 3.61. The Morgan fingerprint density at radius 1 is 1.25 bits per heavy atom. The summed E-state index contributed by atoms with van der Waals surface area (Å²) in [4.78, 5) is 23.6. The van der Waals surface area contributed by atoms with Gasteiger partial charge in [0, 0.05) is 18.9 Å². The summed E-state index contributed by atoms with van der Waals surface area (Å²) in [5.74, 6) is 0.167. The molecule has 1 atom stereocenters. The van der Waals surface area contributed by atoms with Gasteiger partial charge in [0.15, 0.2) is 5.78 Å². The number of esters is 1. The first-order valence-corrected chi connectivity index (χ1v) is 8.08. The monoisotopic (exact) mass is 334 g/mol. The number of Topliss-reactive ketones (excluding diaryl/α,β-unsaturated/α-hetero) is 1. The molecule has 0 saturated heterocycles. The molecule has 0 aliphatic rings. The minimum absolute atomic E-state index is 0.0316. The van der Waals surface area contributed by atoms with Gasteiger partial charge >= 0.3 is 5.97 Å². The van der Waals surface area contributed by atoms with E-state index in [-0.39, 0.29) is 31.3 Å². The molecule has 1 N–H and O–H groups in total. The number of ether oxygens (including phenoxy) is 2. The number of ketones is 1. The quantitative estimate of drug-likeness (QED) is 0.525. The summed E-state index contributed by atoms with van der Waals surface area (Å²) in [7, 11) is 0. The largest absolute Gasteiger partial charge is 0.491 e. The van der Waals surface area contributed by atoms with Crippen LogP contribution in [-0.2, 0) is 14.3 Å². The number of aliphatic hydroxyl groups is 1. The van der Waals surface area contributed by atoms with E-state index in [1.165, 1.54) is 6.92 Å². The van der Waals surface area contributed by atoms with Crippen molar-refractivity contribution in [3.8, 4) is 5.75 Å². The Balaban J connectivity index is 2.91. The molecule has 0 radical (unpaired) electrons. The van der Waals surface area contributed by atoms with Crippen LogP contribution in [0.25, 0.3) is 0 Å². The molecule has 0 bridgehead atoms. The highest BCUT2D eigenvalue weighted by molar-refractivity contribution is 5.95. The summed E-state index contributed by atoms with van der Waals surface area (Å²) in [5, 5.41) is 8.93. The molecule has 0 saturated carbocycles. The molecular weight excluding hydrogens is 308 g/mol. The molecule has 0 spiro atoms. The summed E-state index contributed by atoms with van der Waals surface area (Å²) in [6.07, 6.45) is 0.00810. The lowest BCUT2D eigenvalue weighted by Crippen LogP contribution is -2.14. The van der Waals surface area contributed by atoms with Crippen molar-refractivity contribution in [2.24, 2.45) is 5.92 Å². The molecule has 0 unspecified atom stereocenters. The van der Waals surface area contributed by atoms with Crippen molar-refractivity contribution in [1.29, 1.82) is 0 Å². The van der Waals surface area contributed by atoms with Gasteiger partial charge in [-0.05, 0) is 24.0 Å². The minimum atomic E-state index is -0.582. The topological polar surface area (TPSA) is 72.8 Å². The molecular formula is C19H26O5. The van der Waals surface area contributed by atoms with E-state index >= 15 is 0 Å². The van der Waals surface area contributed by atoms with Crippen molar-refractivity contribution in [2.75, 3.05) is 13.2 Å². The van der Waals surface area contributed by atoms with Crippen molar-refractivity contribution in [3.63, 3.8) is 0 Å². The molecule has 0 fully saturated rings. The molecule has 1 aromatic rings. The lowest BCUT2D eigenvalue weighted by atomic mass is 9.95. The maximum atomic E-state index is 12.2. The van der Waals surface area contributed by atoms with Crippen LogP contribution in [0.5, 0.6) is 5.75 Å². The molecule has 1 rings (SSSR count). The van der Waals surface area contributed by atoms with Gasteiger partial charge in [-0.25, -0.2) is 0 Å². The average molecular weight is 334 g/mol.